The van der Waals surface area contributed by atoms with Crippen molar-refractivity contribution in [3.05, 3.63) is 29.8 Å². The minimum atomic E-state index is 0.0483. The lowest BCUT2D eigenvalue weighted by Gasteiger charge is -2.20. The van der Waals surface area contributed by atoms with Crippen LogP contribution in [0.1, 0.15) is 17.3 Å². The van der Waals surface area contributed by atoms with Crippen LogP contribution in [0, 0.1) is 0 Å². The van der Waals surface area contributed by atoms with E-state index in [2.05, 4.69) is 5.32 Å². The number of rotatable bonds is 6. The molecule has 0 aliphatic rings. The highest BCUT2D eigenvalue weighted by Gasteiger charge is 2.13. The smallest absolute Gasteiger partial charge is 0.253 e. The molecule has 0 atom stereocenters. The third-order valence-electron chi connectivity index (χ3n) is 2.65. The van der Waals surface area contributed by atoms with Crippen LogP contribution in [0.15, 0.2) is 24.3 Å². The Morgan fingerprint density at radius 2 is 2.00 bits per heavy atom. The number of amides is 1. The topological polar surface area (TPSA) is 41.6 Å². The molecule has 1 aromatic rings. The monoisotopic (exact) mass is 236 g/mol. The van der Waals surface area contributed by atoms with E-state index in [1.54, 1.807) is 12.0 Å². The quantitative estimate of drug-likeness (QED) is 0.819. The van der Waals surface area contributed by atoms with Crippen molar-refractivity contribution in [1.29, 1.82) is 0 Å². The van der Waals surface area contributed by atoms with Gasteiger partial charge in [-0.15, -0.1) is 0 Å². The van der Waals surface area contributed by atoms with Gasteiger partial charge in [0.25, 0.3) is 5.91 Å². The van der Waals surface area contributed by atoms with Crippen LogP contribution in [0.4, 0.5) is 5.69 Å². The zero-order chi connectivity index (χ0) is 12.7. The Labute approximate surface area is 103 Å². The molecule has 0 saturated carbocycles. The second-order valence-electron chi connectivity index (χ2n) is 3.70. The lowest BCUT2D eigenvalue weighted by molar-refractivity contribution is 0.0706. The van der Waals surface area contributed by atoms with Crippen molar-refractivity contribution in [2.45, 2.75) is 6.92 Å². The summed E-state index contributed by atoms with van der Waals surface area (Å²) < 4.78 is 4.99. The average molecular weight is 236 g/mol. The third kappa shape index (κ3) is 3.75. The zero-order valence-corrected chi connectivity index (χ0v) is 10.7. The van der Waals surface area contributed by atoms with E-state index in [1.165, 1.54) is 0 Å². The molecule has 0 radical (unpaired) electrons. The van der Waals surface area contributed by atoms with Gasteiger partial charge in [-0.3, -0.25) is 4.79 Å². The first-order valence-electron chi connectivity index (χ1n) is 5.79. The summed E-state index contributed by atoms with van der Waals surface area (Å²) in [6.07, 6.45) is 0. The summed E-state index contributed by atoms with van der Waals surface area (Å²) in [5, 5.41) is 3.03. The molecule has 0 aromatic heterocycles. The predicted molar refractivity (Wildman–Crippen MR) is 69.4 cm³/mol. The molecule has 0 aliphatic carbocycles. The molecular weight excluding hydrogens is 216 g/mol. The lowest BCUT2D eigenvalue weighted by atomic mass is 10.2. The van der Waals surface area contributed by atoms with E-state index in [0.29, 0.717) is 25.3 Å². The molecule has 17 heavy (non-hydrogen) atoms. The Balaban J connectivity index is 2.71. The number of hydrogen-bond acceptors (Lipinski definition) is 3. The molecule has 0 unspecified atom stereocenters. The summed E-state index contributed by atoms with van der Waals surface area (Å²) in [5.74, 6) is 0.0483. The van der Waals surface area contributed by atoms with E-state index in [4.69, 9.17) is 4.74 Å². The van der Waals surface area contributed by atoms with Crippen LogP contribution in [-0.2, 0) is 4.74 Å². The first kappa shape index (κ1) is 13.5. The van der Waals surface area contributed by atoms with Crippen molar-refractivity contribution in [3.63, 3.8) is 0 Å². The Bertz CT molecular complexity index is 349. The van der Waals surface area contributed by atoms with Crippen molar-refractivity contribution in [2.75, 3.05) is 39.2 Å². The summed E-state index contributed by atoms with van der Waals surface area (Å²) in [6.45, 7) is 3.85. The van der Waals surface area contributed by atoms with Gasteiger partial charge >= 0.3 is 0 Å². The van der Waals surface area contributed by atoms with E-state index >= 15 is 0 Å². The molecule has 0 bridgehead atoms. The molecule has 1 amide bonds. The number of nitrogens with one attached hydrogen (secondary N) is 1. The number of hydrogen-bond donors (Lipinski definition) is 1. The number of benzene rings is 1. The molecular formula is C13H20N2O2. The zero-order valence-electron chi connectivity index (χ0n) is 10.7. The van der Waals surface area contributed by atoms with Crippen LogP contribution in [-0.4, -0.2) is 44.7 Å². The van der Waals surface area contributed by atoms with Crippen LogP contribution >= 0.6 is 0 Å². The molecule has 94 valence electrons. The van der Waals surface area contributed by atoms with E-state index in [-0.39, 0.29) is 5.91 Å². The molecule has 4 heteroatoms. The van der Waals surface area contributed by atoms with Crippen LogP contribution < -0.4 is 5.32 Å². The van der Waals surface area contributed by atoms with Crippen LogP contribution in [0.5, 0.6) is 0 Å². The minimum Gasteiger partial charge on any atom is -0.388 e. The van der Waals surface area contributed by atoms with Gasteiger partial charge in [-0.2, -0.15) is 0 Å². The standard InChI is InChI=1S/C13H20N2O2/c1-4-15(9-10-17-3)13(16)11-5-7-12(14-2)8-6-11/h5-8,14H,4,9-10H2,1-3H3. The highest BCUT2D eigenvalue weighted by molar-refractivity contribution is 5.94. The Hall–Kier alpha value is -1.55. The number of likely N-dealkylation sites (N-methyl/N-ethyl adjacent to an activating group) is 1. The second kappa shape index (κ2) is 6.91. The first-order chi connectivity index (χ1) is 8.22. The number of carbonyl (C=O) groups excluding carboxylic acids is 1. The van der Waals surface area contributed by atoms with Gasteiger partial charge in [-0.25, -0.2) is 0 Å². The molecule has 1 rings (SSSR count). The van der Waals surface area contributed by atoms with Gasteiger partial charge in [0.15, 0.2) is 0 Å². The molecule has 0 saturated heterocycles. The van der Waals surface area contributed by atoms with Gasteiger partial charge in [0.1, 0.15) is 0 Å². The summed E-state index contributed by atoms with van der Waals surface area (Å²) in [4.78, 5) is 13.9. The number of nitrogens with zero attached hydrogens (tertiary/aromatic N) is 1. The maximum Gasteiger partial charge on any atom is 0.253 e. The summed E-state index contributed by atoms with van der Waals surface area (Å²) in [5.41, 5.74) is 1.71. The Morgan fingerprint density at radius 1 is 1.35 bits per heavy atom. The maximum atomic E-state index is 12.1. The maximum absolute atomic E-state index is 12.1. The Kier molecular flexibility index (Phi) is 5.49. The summed E-state index contributed by atoms with van der Waals surface area (Å²) >= 11 is 0. The lowest BCUT2D eigenvalue weighted by Crippen LogP contribution is -2.33. The SMILES string of the molecule is CCN(CCOC)C(=O)c1ccc(NC)cc1. The third-order valence-corrected chi connectivity index (χ3v) is 2.65. The molecule has 0 fully saturated rings. The average Bonchev–Trinajstić information content (AvgIpc) is 2.39. The van der Waals surface area contributed by atoms with Crippen LogP contribution in [0.25, 0.3) is 0 Å². The normalized spacial score (nSPS) is 10.1. The van der Waals surface area contributed by atoms with Gasteiger partial charge in [0, 0.05) is 38.5 Å². The molecule has 0 heterocycles. The number of anilines is 1. The van der Waals surface area contributed by atoms with E-state index in [1.807, 2.05) is 38.2 Å². The van der Waals surface area contributed by atoms with Crippen LogP contribution in [0.3, 0.4) is 0 Å². The fraction of sp³-hybridized carbons (Fsp3) is 0.462. The Morgan fingerprint density at radius 3 is 2.47 bits per heavy atom. The van der Waals surface area contributed by atoms with Crippen molar-refractivity contribution in [3.8, 4) is 0 Å². The van der Waals surface area contributed by atoms with Crippen LogP contribution in [0.2, 0.25) is 0 Å². The second-order valence-corrected chi connectivity index (χ2v) is 3.70. The minimum absolute atomic E-state index is 0.0483. The molecule has 0 spiro atoms. The largest absolute Gasteiger partial charge is 0.388 e. The highest BCUT2D eigenvalue weighted by Crippen LogP contribution is 2.10. The van der Waals surface area contributed by atoms with Gasteiger partial charge in [0.2, 0.25) is 0 Å². The fourth-order valence-electron chi connectivity index (χ4n) is 1.57. The van der Waals surface area contributed by atoms with Gasteiger partial charge < -0.3 is 15.0 Å². The molecule has 1 N–H and O–H groups in total. The fourth-order valence-corrected chi connectivity index (χ4v) is 1.57. The summed E-state index contributed by atoms with van der Waals surface area (Å²) in [6, 6.07) is 7.47. The number of methoxy groups -OCH3 is 1. The number of carbonyl (C=O) groups is 1. The molecule has 1 aromatic carbocycles. The van der Waals surface area contributed by atoms with Crippen molar-refractivity contribution in [1.82, 2.24) is 4.90 Å². The number of ether oxygens (including phenoxy) is 1. The van der Waals surface area contributed by atoms with E-state index < -0.39 is 0 Å². The summed E-state index contributed by atoms with van der Waals surface area (Å²) in [7, 11) is 3.49. The molecule has 0 aliphatic heterocycles. The van der Waals surface area contributed by atoms with Crippen molar-refractivity contribution < 1.29 is 9.53 Å². The highest BCUT2D eigenvalue weighted by atomic mass is 16.5. The molecule has 4 nitrogen and oxygen atoms in total. The van der Waals surface area contributed by atoms with Crippen molar-refractivity contribution in [2.24, 2.45) is 0 Å². The van der Waals surface area contributed by atoms with E-state index in [9.17, 15) is 4.79 Å². The van der Waals surface area contributed by atoms with Gasteiger partial charge in [0.05, 0.1) is 6.61 Å². The first-order valence-corrected chi connectivity index (χ1v) is 5.79. The van der Waals surface area contributed by atoms with Crippen molar-refractivity contribution >= 4 is 11.6 Å². The van der Waals surface area contributed by atoms with Gasteiger partial charge in [-0.05, 0) is 31.2 Å². The van der Waals surface area contributed by atoms with Gasteiger partial charge in [-0.1, -0.05) is 0 Å². The van der Waals surface area contributed by atoms with E-state index in [0.717, 1.165) is 5.69 Å². The predicted octanol–water partition coefficient (Wildman–Crippen LogP) is 1.84.